The SMILES string of the molecule is O=C(NCC1(C(=O)O)CCCCC1)c1noc2c1CCCCC2. The first-order chi connectivity index (χ1) is 11.1. The van der Waals surface area contributed by atoms with Crippen molar-refractivity contribution in [3.05, 3.63) is 17.0 Å². The minimum absolute atomic E-state index is 0.169. The zero-order chi connectivity index (χ0) is 16.3. The quantitative estimate of drug-likeness (QED) is 0.832. The normalized spacial score (nSPS) is 20.3. The number of hydrogen-bond donors (Lipinski definition) is 2. The molecule has 2 N–H and O–H groups in total. The van der Waals surface area contributed by atoms with Gasteiger partial charge in [-0.1, -0.05) is 30.8 Å². The number of aliphatic carboxylic acids is 1. The van der Waals surface area contributed by atoms with Gasteiger partial charge in [0, 0.05) is 18.5 Å². The minimum Gasteiger partial charge on any atom is -0.481 e. The molecule has 23 heavy (non-hydrogen) atoms. The van der Waals surface area contributed by atoms with Crippen molar-refractivity contribution in [1.29, 1.82) is 0 Å². The first-order valence-electron chi connectivity index (χ1n) is 8.61. The van der Waals surface area contributed by atoms with Gasteiger partial charge in [0.1, 0.15) is 5.76 Å². The summed E-state index contributed by atoms with van der Waals surface area (Å²) >= 11 is 0. The lowest BCUT2D eigenvalue weighted by Crippen LogP contribution is -2.44. The average molecular weight is 320 g/mol. The number of rotatable bonds is 4. The van der Waals surface area contributed by atoms with E-state index >= 15 is 0 Å². The van der Waals surface area contributed by atoms with E-state index in [4.69, 9.17) is 4.52 Å². The van der Waals surface area contributed by atoms with Gasteiger partial charge in [-0.05, 0) is 32.1 Å². The number of amides is 1. The van der Waals surface area contributed by atoms with Gasteiger partial charge < -0.3 is 14.9 Å². The average Bonchev–Trinajstić information content (AvgIpc) is 2.82. The van der Waals surface area contributed by atoms with Crippen LogP contribution < -0.4 is 5.32 Å². The first kappa shape index (κ1) is 16.0. The summed E-state index contributed by atoms with van der Waals surface area (Å²) in [5.41, 5.74) is 0.431. The van der Waals surface area contributed by atoms with Crippen molar-refractivity contribution in [3.63, 3.8) is 0 Å². The third-order valence-corrected chi connectivity index (χ3v) is 5.27. The maximum Gasteiger partial charge on any atom is 0.311 e. The molecule has 1 saturated carbocycles. The third-order valence-electron chi connectivity index (χ3n) is 5.27. The molecule has 1 fully saturated rings. The van der Waals surface area contributed by atoms with Crippen molar-refractivity contribution < 1.29 is 19.2 Å². The highest BCUT2D eigenvalue weighted by molar-refractivity contribution is 5.94. The predicted molar refractivity (Wildman–Crippen MR) is 83.2 cm³/mol. The topological polar surface area (TPSA) is 92.4 Å². The maximum atomic E-state index is 12.5. The van der Waals surface area contributed by atoms with Gasteiger partial charge in [0.25, 0.3) is 5.91 Å². The number of hydrogen-bond acceptors (Lipinski definition) is 4. The lowest BCUT2D eigenvalue weighted by atomic mass is 9.74. The highest BCUT2D eigenvalue weighted by atomic mass is 16.5. The van der Waals surface area contributed by atoms with Crippen LogP contribution in [0.5, 0.6) is 0 Å². The summed E-state index contributed by atoms with van der Waals surface area (Å²) in [6, 6.07) is 0. The molecule has 2 aliphatic rings. The number of aromatic nitrogens is 1. The second-order valence-electron chi connectivity index (χ2n) is 6.82. The number of carbonyl (C=O) groups excluding carboxylic acids is 1. The van der Waals surface area contributed by atoms with Crippen LogP contribution in [-0.2, 0) is 17.6 Å². The largest absolute Gasteiger partial charge is 0.481 e. The number of carboxylic acids is 1. The Hall–Kier alpha value is -1.85. The molecular formula is C17H24N2O4. The van der Waals surface area contributed by atoms with Crippen LogP contribution in [-0.4, -0.2) is 28.7 Å². The number of nitrogens with zero attached hydrogens (tertiary/aromatic N) is 1. The van der Waals surface area contributed by atoms with Crippen molar-refractivity contribution >= 4 is 11.9 Å². The van der Waals surface area contributed by atoms with Gasteiger partial charge in [-0.2, -0.15) is 0 Å². The molecule has 1 aromatic heterocycles. The molecule has 1 heterocycles. The molecule has 2 aliphatic carbocycles. The predicted octanol–water partition coefficient (Wildman–Crippen LogP) is 2.71. The summed E-state index contributed by atoms with van der Waals surface area (Å²) in [7, 11) is 0. The Morgan fingerprint density at radius 1 is 1.09 bits per heavy atom. The van der Waals surface area contributed by atoms with Gasteiger partial charge in [0.15, 0.2) is 5.69 Å². The molecule has 0 unspecified atom stereocenters. The van der Waals surface area contributed by atoms with Gasteiger partial charge in [-0.25, -0.2) is 0 Å². The number of aryl methyl sites for hydroxylation is 1. The molecule has 0 aromatic carbocycles. The highest BCUT2D eigenvalue weighted by Crippen LogP contribution is 2.36. The van der Waals surface area contributed by atoms with E-state index in [-0.39, 0.29) is 12.5 Å². The Bertz CT molecular complexity index is 587. The van der Waals surface area contributed by atoms with E-state index in [2.05, 4.69) is 10.5 Å². The van der Waals surface area contributed by atoms with Crippen molar-refractivity contribution in [2.75, 3.05) is 6.54 Å². The van der Waals surface area contributed by atoms with Crippen LogP contribution in [0.15, 0.2) is 4.52 Å². The Labute approximate surface area is 135 Å². The zero-order valence-electron chi connectivity index (χ0n) is 13.4. The number of fused-ring (bicyclic) bond motifs is 1. The molecule has 6 nitrogen and oxygen atoms in total. The van der Waals surface area contributed by atoms with Gasteiger partial charge in [-0.15, -0.1) is 0 Å². The molecule has 6 heteroatoms. The van der Waals surface area contributed by atoms with Gasteiger partial charge >= 0.3 is 5.97 Å². The van der Waals surface area contributed by atoms with Crippen molar-refractivity contribution in [2.24, 2.45) is 5.41 Å². The molecule has 0 bridgehead atoms. The summed E-state index contributed by atoms with van der Waals surface area (Å²) < 4.78 is 5.33. The van der Waals surface area contributed by atoms with Crippen LogP contribution in [0, 0.1) is 5.41 Å². The lowest BCUT2D eigenvalue weighted by molar-refractivity contribution is -0.150. The fourth-order valence-electron chi connectivity index (χ4n) is 3.77. The van der Waals surface area contributed by atoms with Crippen molar-refractivity contribution in [1.82, 2.24) is 10.5 Å². The fraction of sp³-hybridized carbons (Fsp3) is 0.706. The lowest BCUT2D eigenvalue weighted by Gasteiger charge is -2.33. The van der Waals surface area contributed by atoms with E-state index in [9.17, 15) is 14.7 Å². The molecule has 0 atom stereocenters. The summed E-state index contributed by atoms with van der Waals surface area (Å²) in [6.45, 7) is 0.169. The summed E-state index contributed by atoms with van der Waals surface area (Å²) in [6.07, 6.45) is 8.99. The zero-order valence-corrected chi connectivity index (χ0v) is 13.4. The molecular weight excluding hydrogens is 296 g/mol. The fourth-order valence-corrected chi connectivity index (χ4v) is 3.77. The highest BCUT2D eigenvalue weighted by Gasteiger charge is 2.40. The van der Waals surface area contributed by atoms with E-state index in [0.29, 0.717) is 18.5 Å². The molecule has 0 radical (unpaired) electrons. The maximum absolute atomic E-state index is 12.5. The van der Waals surface area contributed by atoms with Crippen LogP contribution >= 0.6 is 0 Å². The Kier molecular flexibility index (Phi) is 4.68. The monoisotopic (exact) mass is 320 g/mol. The van der Waals surface area contributed by atoms with E-state index in [1.54, 1.807) is 0 Å². The second kappa shape index (κ2) is 6.72. The van der Waals surface area contributed by atoms with Gasteiger partial charge in [0.05, 0.1) is 5.41 Å². The second-order valence-corrected chi connectivity index (χ2v) is 6.82. The standard InChI is InChI=1S/C17H24N2O4/c20-15(14-12-7-3-1-4-8-13(12)23-19-14)18-11-17(16(21)22)9-5-2-6-10-17/h1-11H2,(H,18,20)(H,21,22). The molecule has 1 amide bonds. The molecule has 3 rings (SSSR count). The number of carbonyl (C=O) groups is 2. The minimum atomic E-state index is -0.825. The van der Waals surface area contributed by atoms with Crippen LogP contribution in [0.1, 0.15) is 73.2 Å². The van der Waals surface area contributed by atoms with E-state index < -0.39 is 11.4 Å². The molecule has 0 spiro atoms. The Balaban J connectivity index is 1.69. The van der Waals surface area contributed by atoms with Crippen LogP contribution in [0.4, 0.5) is 0 Å². The summed E-state index contributed by atoms with van der Waals surface area (Å²) in [5.74, 6) is -0.294. The van der Waals surface area contributed by atoms with Gasteiger partial charge in [0.2, 0.25) is 0 Å². The van der Waals surface area contributed by atoms with Gasteiger partial charge in [-0.3, -0.25) is 9.59 Å². The van der Waals surface area contributed by atoms with Crippen molar-refractivity contribution in [2.45, 2.75) is 64.2 Å². The van der Waals surface area contributed by atoms with Crippen LogP contribution in [0.2, 0.25) is 0 Å². The molecule has 0 aliphatic heterocycles. The van der Waals surface area contributed by atoms with E-state index in [0.717, 1.165) is 62.7 Å². The summed E-state index contributed by atoms with van der Waals surface area (Å²) in [5, 5.41) is 16.3. The molecule has 0 saturated heterocycles. The summed E-state index contributed by atoms with van der Waals surface area (Å²) in [4.78, 5) is 24.1. The number of nitrogens with one attached hydrogen (secondary N) is 1. The van der Waals surface area contributed by atoms with E-state index in [1.807, 2.05) is 0 Å². The van der Waals surface area contributed by atoms with Crippen LogP contribution in [0.3, 0.4) is 0 Å². The molecule has 1 aromatic rings. The van der Waals surface area contributed by atoms with Crippen molar-refractivity contribution in [3.8, 4) is 0 Å². The Morgan fingerprint density at radius 2 is 1.78 bits per heavy atom. The smallest absolute Gasteiger partial charge is 0.311 e. The molecule has 126 valence electrons. The van der Waals surface area contributed by atoms with E-state index in [1.165, 1.54) is 0 Å². The Morgan fingerprint density at radius 3 is 2.52 bits per heavy atom. The number of carboxylic acid groups (broad SMARTS) is 1. The van der Waals surface area contributed by atoms with Crippen LogP contribution in [0.25, 0.3) is 0 Å². The third kappa shape index (κ3) is 3.26. The first-order valence-corrected chi connectivity index (χ1v) is 8.61.